The molecule has 124 valence electrons. The molecule has 0 aliphatic carbocycles. The van der Waals surface area contributed by atoms with Gasteiger partial charge in [0.05, 0.1) is 0 Å². The highest BCUT2D eigenvalue weighted by Crippen LogP contribution is 2.43. The van der Waals surface area contributed by atoms with E-state index in [1.54, 1.807) is 6.08 Å². The maximum absolute atomic E-state index is 13.1. The number of rotatable bonds is 2. The van der Waals surface area contributed by atoms with E-state index >= 15 is 0 Å². The number of carbonyl (C=O) groups excluding carboxylic acids is 1. The number of allylic oxidation sites excluding steroid dienone is 1. The molecule has 1 heterocycles. The van der Waals surface area contributed by atoms with Crippen molar-refractivity contribution >= 4 is 11.5 Å². The van der Waals surface area contributed by atoms with Crippen molar-refractivity contribution < 1.29 is 9.18 Å². The zero-order valence-electron chi connectivity index (χ0n) is 14.5. The van der Waals surface area contributed by atoms with E-state index in [9.17, 15) is 9.18 Å². The molecule has 1 aliphatic rings. The smallest absolute Gasteiger partial charge is 0.187 e. The Morgan fingerprint density at radius 2 is 1.62 bits per heavy atom. The van der Waals surface area contributed by atoms with Gasteiger partial charge in [0.15, 0.2) is 5.78 Å². The highest BCUT2D eigenvalue weighted by molar-refractivity contribution is 6.08. The Labute approximate surface area is 142 Å². The van der Waals surface area contributed by atoms with Crippen LogP contribution in [0.3, 0.4) is 0 Å². The summed E-state index contributed by atoms with van der Waals surface area (Å²) >= 11 is 0. The predicted octanol–water partition coefficient (Wildman–Crippen LogP) is 4.71. The van der Waals surface area contributed by atoms with E-state index in [2.05, 4.69) is 39.1 Å². The summed E-state index contributed by atoms with van der Waals surface area (Å²) in [5.74, 6) is -0.481. The molecule has 0 fully saturated rings. The monoisotopic (exact) mass is 323 g/mol. The van der Waals surface area contributed by atoms with Gasteiger partial charge in [-0.2, -0.15) is 0 Å². The summed E-state index contributed by atoms with van der Waals surface area (Å²) in [7, 11) is 0. The summed E-state index contributed by atoms with van der Waals surface area (Å²) < 4.78 is 13.1. The van der Waals surface area contributed by atoms with E-state index in [-0.39, 0.29) is 22.6 Å². The topological polar surface area (TPSA) is 29.1 Å². The zero-order valence-corrected chi connectivity index (χ0v) is 14.5. The van der Waals surface area contributed by atoms with Crippen molar-refractivity contribution in [2.45, 2.75) is 38.6 Å². The van der Waals surface area contributed by atoms with Gasteiger partial charge in [-0.25, -0.2) is 4.39 Å². The maximum atomic E-state index is 13.1. The third kappa shape index (κ3) is 2.64. The molecular weight excluding hydrogens is 301 g/mol. The number of ketones is 1. The first-order valence-corrected chi connectivity index (χ1v) is 8.12. The van der Waals surface area contributed by atoms with Crippen LogP contribution in [0.4, 0.5) is 4.39 Å². The minimum atomic E-state index is -0.344. The van der Waals surface area contributed by atoms with Gasteiger partial charge in [-0.05, 0) is 43.7 Å². The molecule has 0 spiro atoms. The molecule has 2 aromatic rings. The number of hydrogen-bond donors (Lipinski definition) is 1. The first-order chi connectivity index (χ1) is 11.2. The Morgan fingerprint density at radius 3 is 2.29 bits per heavy atom. The second kappa shape index (κ2) is 5.59. The van der Waals surface area contributed by atoms with Crippen LogP contribution in [0.1, 0.15) is 49.2 Å². The van der Waals surface area contributed by atoms with Gasteiger partial charge in [-0.3, -0.25) is 4.79 Å². The molecule has 0 radical (unpaired) electrons. The number of halogens is 1. The molecule has 1 aliphatic heterocycles. The summed E-state index contributed by atoms with van der Waals surface area (Å²) in [6, 6.07) is 13.8. The van der Waals surface area contributed by atoms with Crippen LogP contribution < -0.4 is 5.32 Å². The van der Waals surface area contributed by atoms with Gasteiger partial charge < -0.3 is 5.32 Å². The van der Waals surface area contributed by atoms with Crippen LogP contribution in [0.5, 0.6) is 0 Å². The van der Waals surface area contributed by atoms with Gasteiger partial charge in [-0.1, -0.05) is 38.1 Å². The molecule has 2 aromatic carbocycles. The lowest BCUT2D eigenvalue weighted by atomic mass is 9.65. The summed E-state index contributed by atoms with van der Waals surface area (Å²) in [6.07, 6.45) is 1.61. The zero-order chi connectivity index (χ0) is 17.5. The van der Waals surface area contributed by atoms with Gasteiger partial charge in [-0.15, -0.1) is 0 Å². The van der Waals surface area contributed by atoms with Crippen molar-refractivity contribution in [2.75, 3.05) is 0 Å². The third-order valence-electron chi connectivity index (χ3n) is 5.30. The van der Waals surface area contributed by atoms with Crippen molar-refractivity contribution in [3.63, 3.8) is 0 Å². The van der Waals surface area contributed by atoms with Crippen molar-refractivity contribution in [3.05, 3.63) is 77.1 Å². The molecule has 3 heteroatoms. The molecule has 0 amide bonds. The summed E-state index contributed by atoms with van der Waals surface area (Å²) in [5.41, 5.74) is 3.25. The Hall–Kier alpha value is -2.42. The molecule has 0 atom stereocenters. The van der Waals surface area contributed by atoms with Gasteiger partial charge in [0.2, 0.25) is 0 Å². The lowest BCUT2D eigenvalue weighted by molar-refractivity contribution is 0.104. The Bertz CT molecular complexity index is 816. The largest absolute Gasteiger partial charge is 0.379 e. The molecule has 0 saturated carbocycles. The Kier molecular flexibility index (Phi) is 3.83. The van der Waals surface area contributed by atoms with Crippen molar-refractivity contribution in [1.82, 2.24) is 5.32 Å². The average Bonchev–Trinajstić information content (AvgIpc) is 2.53. The summed E-state index contributed by atoms with van der Waals surface area (Å²) in [5, 5.41) is 3.52. The fraction of sp³-hybridized carbons (Fsp3) is 0.286. The summed E-state index contributed by atoms with van der Waals surface area (Å²) in [6.45, 7) is 8.69. The maximum Gasteiger partial charge on any atom is 0.187 e. The van der Waals surface area contributed by atoms with Crippen LogP contribution in [0.25, 0.3) is 5.70 Å². The highest BCUT2D eigenvalue weighted by atomic mass is 19.1. The van der Waals surface area contributed by atoms with Crippen LogP contribution in [0.15, 0.2) is 54.6 Å². The minimum Gasteiger partial charge on any atom is -0.379 e. The Balaban J connectivity index is 2.07. The molecule has 2 nitrogen and oxygen atoms in total. The van der Waals surface area contributed by atoms with Gasteiger partial charge in [0, 0.05) is 33.9 Å². The first kappa shape index (κ1) is 16.4. The van der Waals surface area contributed by atoms with E-state index < -0.39 is 0 Å². The number of fused-ring (bicyclic) bond motifs is 1. The van der Waals surface area contributed by atoms with Crippen LogP contribution >= 0.6 is 0 Å². The van der Waals surface area contributed by atoms with E-state index in [1.807, 2.05) is 18.2 Å². The Morgan fingerprint density at radius 1 is 1.00 bits per heavy atom. The molecule has 3 rings (SSSR count). The predicted molar refractivity (Wildman–Crippen MR) is 95.4 cm³/mol. The molecule has 0 saturated heterocycles. The van der Waals surface area contributed by atoms with Crippen LogP contribution in [-0.2, 0) is 5.41 Å². The van der Waals surface area contributed by atoms with Crippen LogP contribution in [0.2, 0.25) is 0 Å². The quantitative estimate of drug-likeness (QED) is 0.640. The molecule has 0 unspecified atom stereocenters. The molecule has 1 N–H and O–H groups in total. The fourth-order valence-electron chi connectivity index (χ4n) is 3.10. The van der Waals surface area contributed by atoms with Gasteiger partial charge in [0.1, 0.15) is 5.82 Å². The lowest BCUT2D eigenvalue weighted by Gasteiger charge is -2.49. The molecule has 0 aromatic heterocycles. The second-order valence-corrected chi connectivity index (χ2v) is 7.35. The standard InChI is InChI=1S/C21H22FNO/c1-20(2)17-8-6-5-7-16(17)18(23-21(20,3)4)13-19(24)14-9-11-15(22)12-10-14/h5-13,23H,1-4H3/b18-13+. The lowest BCUT2D eigenvalue weighted by Crippen LogP contribution is -2.56. The SMILES string of the molecule is CC1(C)N/C(=C/C(=O)c2ccc(F)cc2)c2ccccc2C1(C)C. The highest BCUT2D eigenvalue weighted by Gasteiger charge is 2.44. The van der Waals surface area contributed by atoms with E-state index in [1.165, 1.54) is 29.8 Å². The first-order valence-electron chi connectivity index (χ1n) is 8.12. The van der Waals surface area contributed by atoms with Crippen LogP contribution in [-0.4, -0.2) is 11.3 Å². The molecule has 0 bridgehead atoms. The van der Waals surface area contributed by atoms with Gasteiger partial charge in [0.25, 0.3) is 0 Å². The summed E-state index contributed by atoms with van der Waals surface area (Å²) in [4.78, 5) is 12.6. The fourth-order valence-corrected chi connectivity index (χ4v) is 3.10. The molecular formula is C21H22FNO. The average molecular weight is 323 g/mol. The van der Waals surface area contributed by atoms with Gasteiger partial charge >= 0.3 is 0 Å². The minimum absolute atomic E-state index is 0.0835. The van der Waals surface area contributed by atoms with Crippen molar-refractivity contribution in [2.24, 2.45) is 0 Å². The number of benzene rings is 2. The van der Waals surface area contributed by atoms with Crippen LogP contribution in [0, 0.1) is 5.82 Å². The molecule has 24 heavy (non-hydrogen) atoms. The number of carbonyl (C=O) groups is 1. The van der Waals surface area contributed by atoms with E-state index in [0.29, 0.717) is 5.56 Å². The second-order valence-electron chi connectivity index (χ2n) is 7.35. The third-order valence-corrected chi connectivity index (χ3v) is 5.30. The van der Waals surface area contributed by atoms with Crippen molar-refractivity contribution in [1.29, 1.82) is 0 Å². The van der Waals surface area contributed by atoms with Crippen molar-refractivity contribution in [3.8, 4) is 0 Å². The van der Waals surface area contributed by atoms with E-state index in [0.717, 1.165) is 11.3 Å². The number of hydrogen-bond acceptors (Lipinski definition) is 2. The normalized spacial score (nSPS) is 19.5. The van der Waals surface area contributed by atoms with E-state index in [4.69, 9.17) is 0 Å². The number of nitrogens with one attached hydrogen (secondary N) is 1.